The van der Waals surface area contributed by atoms with E-state index >= 15 is 0 Å². The van der Waals surface area contributed by atoms with Crippen LogP contribution >= 0.6 is 11.3 Å². The minimum Gasteiger partial charge on any atom is -0.352 e. The van der Waals surface area contributed by atoms with Gasteiger partial charge in [0.2, 0.25) is 5.91 Å². The van der Waals surface area contributed by atoms with Crippen LogP contribution in [0.25, 0.3) is 10.4 Å². The summed E-state index contributed by atoms with van der Waals surface area (Å²) in [7, 11) is 0. The second kappa shape index (κ2) is 6.68. The van der Waals surface area contributed by atoms with Crippen LogP contribution in [0.2, 0.25) is 0 Å². The van der Waals surface area contributed by atoms with Crippen molar-refractivity contribution in [3.05, 3.63) is 53.7 Å². The highest BCUT2D eigenvalue weighted by atomic mass is 32.1. The lowest BCUT2D eigenvalue weighted by molar-refractivity contribution is -0.125. The summed E-state index contributed by atoms with van der Waals surface area (Å²) >= 11 is 1.70. The molecule has 2 heterocycles. The summed E-state index contributed by atoms with van der Waals surface area (Å²) in [5.41, 5.74) is 2.15. The van der Waals surface area contributed by atoms with E-state index in [4.69, 9.17) is 0 Å². The molecule has 0 spiro atoms. The van der Waals surface area contributed by atoms with E-state index in [2.05, 4.69) is 40.0 Å². The number of thiophene rings is 1. The van der Waals surface area contributed by atoms with Crippen molar-refractivity contribution in [2.45, 2.75) is 25.8 Å². The molecule has 0 aromatic carbocycles. The number of aromatic nitrogens is 1. The SMILES string of the molecule is O=C(NCc1cncc(-c2cccs2)c1)C1CC=CCC1. The van der Waals surface area contributed by atoms with Crippen LogP contribution in [0.3, 0.4) is 0 Å². The summed E-state index contributed by atoms with van der Waals surface area (Å²) in [6.45, 7) is 0.547. The van der Waals surface area contributed by atoms with Gasteiger partial charge in [-0.05, 0) is 42.3 Å². The third-order valence-electron chi connectivity index (χ3n) is 3.71. The number of amides is 1. The molecule has 0 radical (unpaired) electrons. The molecular formula is C17H18N2OS. The average molecular weight is 298 g/mol. The zero-order chi connectivity index (χ0) is 14.5. The molecule has 1 aliphatic rings. The lowest BCUT2D eigenvalue weighted by Crippen LogP contribution is -2.30. The fraction of sp³-hybridized carbons (Fsp3) is 0.294. The van der Waals surface area contributed by atoms with Gasteiger partial charge in [-0.1, -0.05) is 18.2 Å². The Morgan fingerprint density at radius 1 is 1.38 bits per heavy atom. The first-order chi connectivity index (χ1) is 10.3. The second-order valence-electron chi connectivity index (χ2n) is 5.26. The van der Waals surface area contributed by atoms with Crippen molar-refractivity contribution >= 4 is 17.2 Å². The number of allylic oxidation sites excluding steroid dienone is 2. The van der Waals surface area contributed by atoms with Crippen molar-refractivity contribution in [3.8, 4) is 10.4 Å². The van der Waals surface area contributed by atoms with Gasteiger partial charge in [0.25, 0.3) is 0 Å². The van der Waals surface area contributed by atoms with Gasteiger partial charge in [-0.15, -0.1) is 11.3 Å². The predicted octanol–water partition coefficient (Wildman–Crippen LogP) is 3.78. The van der Waals surface area contributed by atoms with Crippen LogP contribution in [0.15, 0.2) is 48.1 Å². The summed E-state index contributed by atoms with van der Waals surface area (Å²) < 4.78 is 0. The molecule has 3 nitrogen and oxygen atoms in total. The molecule has 0 aliphatic heterocycles. The first kappa shape index (κ1) is 14.0. The first-order valence-electron chi connectivity index (χ1n) is 7.23. The van der Waals surface area contributed by atoms with E-state index < -0.39 is 0 Å². The molecule has 1 N–H and O–H groups in total. The molecule has 0 fully saturated rings. The molecule has 2 aromatic heterocycles. The summed E-state index contributed by atoms with van der Waals surface area (Å²) in [4.78, 5) is 17.6. The van der Waals surface area contributed by atoms with Crippen molar-refractivity contribution in [2.75, 3.05) is 0 Å². The normalized spacial score (nSPS) is 17.6. The zero-order valence-electron chi connectivity index (χ0n) is 11.8. The number of nitrogens with one attached hydrogen (secondary N) is 1. The molecule has 0 saturated heterocycles. The maximum Gasteiger partial charge on any atom is 0.223 e. The Hall–Kier alpha value is -1.94. The first-order valence-corrected chi connectivity index (χ1v) is 8.11. The second-order valence-corrected chi connectivity index (χ2v) is 6.21. The van der Waals surface area contributed by atoms with Gasteiger partial charge in [0, 0.05) is 35.3 Å². The predicted molar refractivity (Wildman–Crippen MR) is 85.9 cm³/mol. The van der Waals surface area contributed by atoms with Crippen LogP contribution in [0.4, 0.5) is 0 Å². The number of carbonyl (C=O) groups is 1. The quantitative estimate of drug-likeness (QED) is 0.873. The molecule has 2 aromatic rings. The third-order valence-corrected chi connectivity index (χ3v) is 4.63. The smallest absolute Gasteiger partial charge is 0.223 e. The lowest BCUT2D eigenvalue weighted by Gasteiger charge is -2.17. The number of rotatable bonds is 4. The van der Waals surface area contributed by atoms with Crippen LogP contribution in [0.5, 0.6) is 0 Å². The minimum atomic E-state index is 0.128. The number of hydrogen-bond donors (Lipinski definition) is 1. The van der Waals surface area contributed by atoms with E-state index in [-0.39, 0.29) is 11.8 Å². The summed E-state index contributed by atoms with van der Waals surface area (Å²) in [6, 6.07) is 6.21. The number of hydrogen-bond acceptors (Lipinski definition) is 3. The summed E-state index contributed by atoms with van der Waals surface area (Å²) in [6.07, 6.45) is 10.8. The van der Waals surface area contributed by atoms with Gasteiger partial charge in [0.05, 0.1) is 0 Å². The zero-order valence-corrected chi connectivity index (χ0v) is 12.6. The number of carbonyl (C=O) groups excluding carboxylic acids is 1. The standard InChI is InChI=1S/C17H18N2OS/c20-17(14-5-2-1-3-6-14)19-11-13-9-15(12-18-10-13)16-7-4-8-21-16/h1-2,4,7-10,12,14H,3,5-6,11H2,(H,19,20). The highest BCUT2D eigenvalue weighted by Gasteiger charge is 2.18. The Labute approximate surface area is 128 Å². The van der Waals surface area contributed by atoms with E-state index in [9.17, 15) is 4.79 Å². The van der Waals surface area contributed by atoms with E-state index in [1.807, 2.05) is 18.5 Å². The topological polar surface area (TPSA) is 42.0 Å². The van der Waals surface area contributed by atoms with Crippen molar-refractivity contribution < 1.29 is 4.79 Å². The van der Waals surface area contributed by atoms with E-state index in [1.54, 1.807) is 11.3 Å². The molecule has 21 heavy (non-hydrogen) atoms. The molecular weight excluding hydrogens is 280 g/mol. The Balaban J connectivity index is 1.61. The van der Waals surface area contributed by atoms with Crippen molar-refractivity contribution in [1.82, 2.24) is 10.3 Å². The summed E-state index contributed by atoms with van der Waals surface area (Å²) in [5.74, 6) is 0.282. The van der Waals surface area contributed by atoms with Gasteiger partial charge >= 0.3 is 0 Å². The van der Waals surface area contributed by atoms with Crippen molar-refractivity contribution in [3.63, 3.8) is 0 Å². The van der Waals surface area contributed by atoms with Crippen molar-refractivity contribution in [2.24, 2.45) is 5.92 Å². The molecule has 1 amide bonds. The maximum absolute atomic E-state index is 12.1. The Kier molecular flexibility index (Phi) is 4.46. The lowest BCUT2D eigenvalue weighted by atomic mass is 9.93. The molecule has 1 aliphatic carbocycles. The molecule has 1 atom stereocenters. The van der Waals surface area contributed by atoms with Gasteiger partial charge in [-0.25, -0.2) is 0 Å². The van der Waals surface area contributed by atoms with E-state index in [0.717, 1.165) is 30.4 Å². The highest BCUT2D eigenvalue weighted by Crippen LogP contribution is 2.24. The maximum atomic E-state index is 12.1. The number of pyridine rings is 1. The molecule has 108 valence electrons. The molecule has 0 saturated carbocycles. The summed E-state index contributed by atoms with van der Waals surface area (Å²) in [5, 5.41) is 5.09. The van der Waals surface area contributed by atoms with Crippen LogP contribution in [0, 0.1) is 5.92 Å². The van der Waals surface area contributed by atoms with Crippen LogP contribution in [0.1, 0.15) is 24.8 Å². The van der Waals surface area contributed by atoms with Gasteiger partial charge < -0.3 is 5.32 Å². The largest absolute Gasteiger partial charge is 0.352 e. The van der Waals surface area contributed by atoms with Crippen LogP contribution in [-0.4, -0.2) is 10.9 Å². The molecule has 1 unspecified atom stereocenters. The molecule has 4 heteroatoms. The van der Waals surface area contributed by atoms with Crippen molar-refractivity contribution in [1.29, 1.82) is 0 Å². The average Bonchev–Trinajstić information content (AvgIpc) is 3.08. The minimum absolute atomic E-state index is 0.128. The van der Waals surface area contributed by atoms with Gasteiger partial charge in [0.1, 0.15) is 0 Å². The van der Waals surface area contributed by atoms with E-state index in [1.165, 1.54) is 4.88 Å². The van der Waals surface area contributed by atoms with Gasteiger partial charge in [0.15, 0.2) is 0 Å². The highest BCUT2D eigenvalue weighted by molar-refractivity contribution is 7.13. The third kappa shape index (κ3) is 3.58. The molecule has 0 bridgehead atoms. The van der Waals surface area contributed by atoms with Gasteiger partial charge in [-0.2, -0.15) is 0 Å². The fourth-order valence-electron chi connectivity index (χ4n) is 2.53. The van der Waals surface area contributed by atoms with E-state index in [0.29, 0.717) is 6.54 Å². The molecule has 3 rings (SSSR count). The Morgan fingerprint density at radius 2 is 2.33 bits per heavy atom. The Morgan fingerprint density at radius 3 is 3.10 bits per heavy atom. The Bertz CT molecular complexity index is 634. The van der Waals surface area contributed by atoms with Crippen LogP contribution in [-0.2, 0) is 11.3 Å². The van der Waals surface area contributed by atoms with Crippen LogP contribution < -0.4 is 5.32 Å². The number of nitrogens with zero attached hydrogens (tertiary/aromatic N) is 1. The fourth-order valence-corrected chi connectivity index (χ4v) is 3.24. The van der Waals surface area contributed by atoms with Gasteiger partial charge in [-0.3, -0.25) is 9.78 Å². The monoisotopic (exact) mass is 298 g/mol.